The van der Waals surface area contributed by atoms with Crippen LogP contribution in [0.4, 0.5) is 17.6 Å². The van der Waals surface area contributed by atoms with Gasteiger partial charge in [0.05, 0.1) is 0 Å². The van der Waals surface area contributed by atoms with Crippen LogP contribution in [0.1, 0.15) is 49.5 Å². The number of benzene rings is 1. The van der Waals surface area contributed by atoms with Crippen LogP contribution >= 0.6 is 0 Å². The largest absolute Gasteiger partial charge is 0.421 e. The van der Waals surface area contributed by atoms with Crippen LogP contribution in [0.25, 0.3) is 0 Å². The van der Waals surface area contributed by atoms with E-state index in [9.17, 15) is 27.5 Å². The van der Waals surface area contributed by atoms with Crippen molar-refractivity contribution in [2.24, 2.45) is 0 Å². The molecule has 1 aliphatic rings. The molecule has 1 aromatic rings. The summed E-state index contributed by atoms with van der Waals surface area (Å²) in [6.45, 7) is 5.25. The maximum atomic E-state index is 13.0. The molecule has 1 aliphatic heterocycles. The summed E-state index contributed by atoms with van der Waals surface area (Å²) >= 11 is 0. The molecule has 1 N–H and O–H groups in total. The summed E-state index contributed by atoms with van der Waals surface area (Å²) in [6.07, 6.45) is -5.17. The molecule has 1 unspecified atom stereocenters. The number of nitrogens with zero attached hydrogens (tertiary/aromatic N) is 1. The van der Waals surface area contributed by atoms with Gasteiger partial charge in [0, 0.05) is 18.7 Å². The third-order valence-corrected chi connectivity index (χ3v) is 3.96. The van der Waals surface area contributed by atoms with Crippen molar-refractivity contribution in [1.29, 1.82) is 0 Å². The lowest BCUT2D eigenvalue weighted by atomic mass is 9.94. The molecular formula is C17H23F4NO2. The second kappa shape index (κ2) is 7.96. The molecule has 1 aromatic carbocycles. The number of rotatable bonds is 2. The van der Waals surface area contributed by atoms with Gasteiger partial charge in [-0.25, -0.2) is 4.39 Å². The fourth-order valence-corrected chi connectivity index (χ4v) is 2.33. The van der Waals surface area contributed by atoms with Crippen molar-refractivity contribution < 1.29 is 27.5 Å². The summed E-state index contributed by atoms with van der Waals surface area (Å²) in [7, 11) is 0. The standard InChI is InChI=1S/C15H17F4NO2.C2H6/c1-14(22,15(17,18)19)11-4-2-10(3-5-11)13(21)20-8-6-12(16)7-9-20;1-2/h2-5,12,22H,6-9H2,1H3;1-2H3. The molecule has 1 heterocycles. The zero-order valence-electron chi connectivity index (χ0n) is 14.0. The minimum absolute atomic E-state index is 0.221. The Kier molecular flexibility index (Phi) is 6.77. The van der Waals surface area contributed by atoms with Crippen molar-refractivity contribution in [1.82, 2.24) is 4.90 Å². The van der Waals surface area contributed by atoms with Crippen molar-refractivity contribution in [2.75, 3.05) is 13.1 Å². The highest BCUT2D eigenvalue weighted by Gasteiger charge is 2.51. The SMILES string of the molecule is CC.CC(O)(c1ccc(C(=O)N2CCC(F)CC2)cc1)C(F)(F)F. The topological polar surface area (TPSA) is 40.5 Å². The van der Waals surface area contributed by atoms with E-state index < -0.39 is 17.9 Å². The first-order valence-corrected chi connectivity index (χ1v) is 7.96. The van der Waals surface area contributed by atoms with E-state index in [0.29, 0.717) is 20.0 Å². The molecule has 1 amide bonds. The normalized spacial score (nSPS) is 18.4. The Balaban J connectivity index is 0.00000139. The lowest BCUT2D eigenvalue weighted by Crippen LogP contribution is -2.40. The summed E-state index contributed by atoms with van der Waals surface area (Å²) in [5.74, 6) is -0.342. The molecule has 24 heavy (non-hydrogen) atoms. The highest BCUT2D eigenvalue weighted by atomic mass is 19.4. The number of carbonyl (C=O) groups is 1. The van der Waals surface area contributed by atoms with Crippen molar-refractivity contribution in [3.05, 3.63) is 35.4 Å². The smallest absolute Gasteiger partial charge is 0.376 e. The third-order valence-electron chi connectivity index (χ3n) is 3.96. The van der Waals surface area contributed by atoms with Crippen molar-refractivity contribution >= 4 is 5.91 Å². The fraction of sp³-hybridized carbons (Fsp3) is 0.588. The molecule has 0 aromatic heterocycles. The quantitative estimate of drug-likeness (QED) is 0.818. The van der Waals surface area contributed by atoms with E-state index >= 15 is 0 Å². The van der Waals surface area contributed by atoms with Gasteiger partial charge in [0.2, 0.25) is 0 Å². The Morgan fingerprint density at radius 3 is 2.00 bits per heavy atom. The number of halogens is 4. The Bertz CT molecular complexity index is 533. The number of piperidine rings is 1. The number of hydrogen-bond donors (Lipinski definition) is 1. The average Bonchev–Trinajstić information content (AvgIpc) is 2.56. The minimum Gasteiger partial charge on any atom is -0.376 e. The van der Waals surface area contributed by atoms with E-state index in [4.69, 9.17) is 0 Å². The highest BCUT2D eigenvalue weighted by Crippen LogP contribution is 2.38. The number of hydrogen-bond acceptors (Lipinski definition) is 2. The number of alkyl halides is 4. The van der Waals surface area contributed by atoms with E-state index in [-0.39, 0.29) is 29.9 Å². The van der Waals surface area contributed by atoms with Gasteiger partial charge in [0.1, 0.15) is 6.17 Å². The maximum absolute atomic E-state index is 13.0. The molecular weight excluding hydrogens is 326 g/mol. The summed E-state index contributed by atoms with van der Waals surface area (Å²) in [4.78, 5) is 13.7. The maximum Gasteiger partial charge on any atom is 0.421 e. The molecule has 136 valence electrons. The molecule has 0 spiro atoms. The van der Waals surface area contributed by atoms with Crippen LogP contribution in [0.3, 0.4) is 0 Å². The van der Waals surface area contributed by atoms with E-state index in [1.165, 1.54) is 17.0 Å². The minimum atomic E-state index is -4.80. The van der Waals surface area contributed by atoms with E-state index in [2.05, 4.69) is 0 Å². The van der Waals surface area contributed by atoms with E-state index in [1.807, 2.05) is 13.8 Å². The van der Waals surface area contributed by atoms with Gasteiger partial charge in [0.15, 0.2) is 5.60 Å². The molecule has 7 heteroatoms. The molecule has 1 fully saturated rings. The summed E-state index contributed by atoms with van der Waals surface area (Å²) < 4.78 is 51.3. The zero-order chi connectivity index (χ0) is 18.5. The number of amides is 1. The van der Waals surface area contributed by atoms with Gasteiger partial charge >= 0.3 is 6.18 Å². The van der Waals surface area contributed by atoms with Crippen LogP contribution in [0, 0.1) is 0 Å². The molecule has 0 aliphatic carbocycles. The number of aliphatic hydroxyl groups is 1. The molecule has 0 bridgehead atoms. The Hall–Kier alpha value is -1.63. The fourth-order valence-electron chi connectivity index (χ4n) is 2.33. The van der Waals surface area contributed by atoms with E-state index in [1.54, 1.807) is 0 Å². The predicted octanol–water partition coefficient (Wildman–Crippen LogP) is 4.06. The van der Waals surface area contributed by atoms with Crippen LogP contribution in [0.2, 0.25) is 0 Å². The lowest BCUT2D eigenvalue weighted by Gasteiger charge is -2.29. The first-order chi connectivity index (χ1) is 11.1. The first kappa shape index (κ1) is 20.4. The molecule has 1 atom stereocenters. The van der Waals surface area contributed by atoms with Gasteiger partial charge in [-0.05, 0) is 37.5 Å². The summed E-state index contributed by atoms with van der Waals surface area (Å²) in [5.41, 5.74) is -3.08. The summed E-state index contributed by atoms with van der Waals surface area (Å²) in [6, 6.07) is 4.67. The second-order valence-corrected chi connectivity index (χ2v) is 5.61. The lowest BCUT2D eigenvalue weighted by molar-refractivity contribution is -0.258. The zero-order valence-corrected chi connectivity index (χ0v) is 14.0. The van der Waals surface area contributed by atoms with Crippen molar-refractivity contribution in [3.8, 4) is 0 Å². The second-order valence-electron chi connectivity index (χ2n) is 5.61. The van der Waals surface area contributed by atoms with Crippen LogP contribution < -0.4 is 0 Å². The van der Waals surface area contributed by atoms with Crippen molar-refractivity contribution in [3.63, 3.8) is 0 Å². The van der Waals surface area contributed by atoms with Crippen LogP contribution in [0.5, 0.6) is 0 Å². The van der Waals surface area contributed by atoms with Gasteiger partial charge in [-0.2, -0.15) is 13.2 Å². The van der Waals surface area contributed by atoms with Crippen LogP contribution in [0.15, 0.2) is 24.3 Å². The number of likely N-dealkylation sites (tertiary alicyclic amines) is 1. The molecule has 2 rings (SSSR count). The van der Waals surface area contributed by atoms with E-state index in [0.717, 1.165) is 12.1 Å². The Morgan fingerprint density at radius 2 is 1.58 bits per heavy atom. The van der Waals surface area contributed by atoms with Gasteiger partial charge in [-0.1, -0.05) is 26.0 Å². The summed E-state index contributed by atoms with van der Waals surface area (Å²) in [5, 5.41) is 9.57. The Labute approximate surface area is 139 Å². The molecule has 0 saturated carbocycles. The predicted molar refractivity (Wildman–Crippen MR) is 83.4 cm³/mol. The number of carbonyl (C=O) groups excluding carboxylic acids is 1. The third kappa shape index (κ3) is 4.47. The monoisotopic (exact) mass is 349 g/mol. The van der Waals surface area contributed by atoms with Crippen LogP contribution in [-0.4, -0.2) is 41.4 Å². The van der Waals surface area contributed by atoms with Crippen LogP contribution in [-0.2, 0) is 5.60 Å². The first-order valence-electron chi connectivity index (χ1n) is 7.96. The van der Waals surface area contributed by atoms with Gasteiger partial charge < -0.3 is 10.0 Å². The Morgan fingerprint density at radius 1 is 1.12 bits per heavy atom. The highest BCUT2D eigenvalue weighted by molar-refractivity contribution is 5.94. The molecule has 1 saturated heterocycles. The van der Waals surface area contributed by atoms with Gasteiger partial charge in [-0.15, -0.1) is 0 Å². The van der Waals surface area contributed by atoms with Crippen molar-refractivity contribution in [2.45, 2.75) is 51.6 Å². The van der Waals surface area contributed by atoms with Gasteiger partial charge in [0.25, 0.3) is 5.91 Å². The average molecular weight is 349 g/mol. The molecule has 3 nitrogen and oxygen atoms in total. The molecule has 0 radical (unpaired) electrons. The van der Waals surface area contributed by atoms with Gasteiger partial charge in [-0.3, -0.25) is 4.79 Å².